The Labute approximate surface area is 130 Å². The predicted octanol–water partition coefficient (Wildman–Crippen LogP) is 3.46. The van der Waals surface area contributed by atoms with Crippen molar-refractivity contribution in [3.63, 3.8) is 0 Å². The smallest absolute Gasteiger partial charge is 0.152 e. The van der Waals surface area contributed by atoms with Crippen LogP contribution < -0.4 is 0 Å². The summed E-state index contributed by atoms with van der Waals surface area (Å²) in [6, 6.07) is 3.17. The molecule has 0 radical (unpaired) electrons. The quantitative estimate of drug-likeness (QED) is 0.651. The summed E-state index contributed by atoms with van der Waals surface area (Å²) in [6.07, 6.45) is 1.96. The highest BCUT2D eigenvalue weighted by molar-refractivity contribution is 7.91. The number of halogens is 2. The molecule has 0 spiro atoms. The third kappa shape index (κ3) is 6.22. The van der Waals surface area contributed by atoms with E-state index >= 15 is 0 Å². The Hall–Kier alpha value is -1.30. The van der Waals surface area contributed by atoms with Crippen LogP contribution in [0.5, 0.6) is 0 Å². The Balaban J connectivity index is 2.30. The van der Waals surface area contributed by atoms with Gasteiger partial charge in [-0.15, -0.1) is 0 Å². The SMILES string of the molecule is CC(C)S(=O)(=O)CCCCCC(=O)Cc1ccc(F)cc1F. The molecular formula is C16H22F2O3S. The second-order valence-corrected chi connectivity index (χ2v) is 8.35. The Morgan fingerprint density at radius 2 is 1.82 bits per heavy atom. The maximum Gasteiger partial charge on any atom is 0.152 e. The molecule has 6 heteroatoms. The lowest BCUT2D eigenvalue weighted by atomic mass is 10.0. The molecule has 0 saturated carbocycles. The Bertz CT molecular complexity index is 610. The molecule has 0 unspecified atom stereocenters. The van der Waals surface area contributed by atoms with Crippen molar-refractivity contribution in [3.8, 4) is 0 Å². The highest BCUT2D eigenvalue weighted by Gasteiger charge is 2.15. The molecule has 3 nitrogen and oxygen atoms in total. The molecule has 124 valence electrons. The van der Waals surface area contributed by atoms with Crippen molar-refractivity contribution in [1.82, 2.24) is 0 Å². The molecule has 1 rings (SSSR count). The summed E-state index contributed by atoms with van der Waals surface area (Å²) in [5, 5.41) is -0.379. The van der Waals surface area contributed by atoms with Gasteiger partial charge in [-0.3, -0.25) is 4.79 Å². The molecule has 0 aromatic heterocycles. The van der Waals surface area contributed by atoms with Gasteiger partial charge in [0, 0.05) is 18.9 Å². The van der Waals surface area contributed by atoms with E-state index in [1.807, 2.05) is 0 Å². The number of Topliss-reactive ketones (excluding diaryl/α,β-unsaturated/α-hetero) is 1. The fraction of sp³-hybridized carbons (Fsp3) is 0.562. The molecule has 0 amide bonds. The van der Waals surface area contributed by atoms with Gasteiger partial charge in [-0.05, 0) is 38.3 Å². The first-order chi connectivity index (χ1) is 10.2. The van der Waals surface area contributed by atoms with Crippen molar-refractivity contribution < 1.29 is 22.0 Å². The molecule has 0 aliphatic carbocycles. The summed E-state index contributed by atoms with van der Waals surface area (Å²) in [5.41, 5.74) is 0.189. The predicted molar refractivity (Wildman–Crippen MR) is 82.5 cm³/mol. The van der Waals surface area contributed by atoms with Crippen LogP contribution in [0.3, 0.4) is 0 Å². The lowest BCUT2D eigenvalue weighted by Gasteiger charge is -2.07. The molecule has 0 atom stereocenters. The molecule has 0 saturated heterocycles. The standard InChI is InChI=1S/C16H22F2O3S/c1-12(2)22(20,21)9-5-3-4-6-15(19)10-13-7-8-14(17)11-16(13)18/h7-8,11-12H,3-6,9-10H2,1-2H3. The Morgan fingerprint density at radius 3 is 2.41 bits per heavy atom. The minimum atomic E-state index is -3.03. The summed E-state index contributed by atoms with van der Waals surface area (Å²) in [7, 11) is -3.03. The van der Waals surface area contributed by atoms with Crippen LogP contribution >= 0.6 is 0 Å². The van der Waals surface area contributed by atoms with E-state index in [1.165, 1.54) is 6.07 Å². The minimum Gasteiger partial charge on any atom is -0.299 e. The number of unbranched alkanes of at least 4 members (excludes halogenated alkanes) is 2. The average Bonchev–Trinajstić information content (AvgIpc) is 2.41. The molecular weight excluding hydrogens is 310 g/mol. The van der Waals surface area contributed by atoms with Crippen LogP contribution in [-0.4, -0.2) is 25.2 Å². The largest absolute Gasteiger partial charge is 0.299 e. The number of hydrogen-bond donors (Lipinski definition) is 0. The zero-order chi connectivity index (χ0) is 16.8. The summed E-state index contributed by atoms with van der Waals surface area (Å²) in [4.78, 5) is 11.7. The number of carbonyl (C=O) groups excluding carboxylic acids is 1. The van der Waals surface area contributed by atoms with Crippen LogP contribution in [-0.2, 0) is 21.1 Å². The van der Waals surface area contributed by atoms with Crippen molar-refractivity contribution in [3.05, 3.63) is 35.4 Å². The van der Waals surface area contributed by atoms with E-state index in [2.05, 4.69) is 0 Å². The molecule has 0 heterocycles. The summed E-state index contributed by atoms with van der Waals surface area (Å²) in [5.74, 6) is -1.38. The maximum atomic E-state index is 13.4. The first-order valence-corrected chi connectivity index (χ1v) is 9.11. The normalized spacial score (nSPS) is 11.9. The molecule has 0 bridgehead atoms. The minimum absolute atomic E-state index is 0.0591. The van der Waals surface area contributed by atoms with Gasteiger partial charge in [0.2, 0.25) is 0 Å². The molecule has 1 aromatic rings. The zero-order valence-corrected chi connectivity index (χ0v) is 13.8. The van der Waals surface area contributed by atoms with Gasteiger partial charge < -0.3 is 0 Å². The van der Waals surface area contributed by atoms with Crippen molar-refractivity contribution in [2.45, 2.75) is 51.2 Å². The van der Waals surface area contributed by atoms with E-state index < -0.39 is 21.5 Å². The van der Waals surface area contributed by atoms with E-state index in [1.54, 1.807) is 13.8 Å². The first kappa shape index (κ1) is 18.7. The fourth-order valence-corrected chi connectivity index (χ4v) is 3.08. The molecule has 0 fully saturated rings. The molecule has 0 N–H and O–H groups in total. The number of hydrogen-bond acceptors (Lipinski definition) is 3. The zero-order valence-electron chi connectivity index (χ0n) is 12.9. The van der Waals surface area contributed by atoms with Crippen LogP contribution in [0.1, 0.15) is 45.1 Å². The molecule has 0 aliphatic heterocycles. The Morgan fingerprint density at radius 1 is 1.14 bits per heavy atom. The van der Waals surface area contributed by atoms with E-state index in [9.17, 15) is 22.0 Å². The number of ketones is 1. The van der Waals surface area contributed by atoms with Crippen LogP contribution in [0.15, 0.2) is 18.2 Å². The topological polar surface area (TPSA) is 51.2 Å². The Kier molecular flexibility index (Phi) is 7.13. The van der Waals surface area contributed by atoms with Crippen molar-refractivity contribution in [1.29, 1.82) is 0 Å². The van der Waals surface area contributed by atoms with E-state index in [0.29, 0.717) is 19.3 Å². The highest BCUT2D eigenvalue weighted by atomic mass is 32.2. The molecule has 0 aliphatic rings. The van der Waals surface area contributed by atoms with Crippen LogP contribution in [0.25, 0.3) is 0 Å². The lowest BCUT2D eigenvalue weighted by molar-refractivity contribution is -0.118. The van der Waals surface area contributed by atoms with Gasteiger partial charge in [-0.25, -0.2) is 17.2 Å². The second kappa shape index (κ2) is 8.36. The van der Waals surface area contributed by atoms with Gasteiger partial charge in [-0.1, -0.05) is 12.5 Å². The van der Waals surface area contributed by atoms with Crippen molar-refractivity contribution in [2.24, 2.45) is 0 Å². The number of sulfone groups is 1. The number of rotatable bonds is 9. The third-order valence-corrected chi connectivity index (χ3v) is 5.80. The van der Waals surface area contributed by atoms with Gasteiger partial charge in [0.15, 0.2) is 9.84 Å². The fourth-order valence-electron chi connectivity index (χ4n) is 2.00. The first-order valence-electron chi connectivity index (χ1n) is 7.39. The van der Waals surface area contributed by atoms with Gasteiger partial charge >= 0.3 is 0 Å². The lowest BCUT2D eigenvalue weighted by Crippen LogP contribution is -2.17. The highest BCUT2D eigenvalue weighted by Crippen LogP contribution is 2.13. The van der Waals surface area contributed by atoms with Crippen molar-refractivity contribution in [2.75, 3.05) is 5.75 Å². The van der Waals surface area contributed by atoms with Crippen LogP contribution in [0, 0.1) is 11.6 Å². The molecule has 22 heavy (non-hydrogen) atoms. The van der Waals surface area contributed by atoms with E-state index in [0.717, 1.165) is 12.1 Å². The second-order valence-electron chi connectivity index (χ2n) is 5.68. The average molecular weight is 332 g/mol. The van der Waals surface area contributed by atoms with Gasteiger partial charge in [0.1, 0.15) is 17.4 Å². The monoisotopic (exact) mass is 332 g/mol. The van der Waals surface area contributed by atoms with Gasteiger partial charge in [0.25, 0.3) is 0 Å². The summed E-state index contributed by atoms with van der Waals surface area (Å²) in [6.45, 7) is 3.30. The van der Waals surface area contributed by atoms with Crippen LogP contribution in [0.2, 0.25) is 0 Å². The van der Waals surface area contributed by atoms with Crippen LogP contribution in [0.4, 0.5) is 8.78 Å². The number of benzene rings is 1. The third-order valence-electron chi connectivity index (χ3n) is 3.51. The maximum absolute atomic E-state index is 13.4. The summed E-state index contributed by atoms with van der Waals surface area (Å²) < 4.78 is 49.3. The summed E-state index contributed by atoms with van der Waals surface area (Å²) >= 11 is 0. The van der Waals surface area contributed by atoms with Gasteiger partial charge in [-0.2, -0.15) is 0 Å². The van der Waals surface area contributed by atoms with E-state index in [-0.39, 0.29) is 35.2 Å². The van der Waals surface area contributed by atoms with Crippen molar-refractivity contribution >= 4 is 15.6 Å². The molecule has 1 aromatic carbocycles. The number of carbonyl (C=O) groups is 1. The van der Waals surface area contributed by atoms with Gasteiger partial charge in [0.05, 0.1) is 11.0 Å². The van der Waals surface area contributed by atoms with E-state index in [4.69, 9.17) is 0 Å².